The number of para-hydroxylation sites is 1. The molecule has 0 bridgehead atoms. The van der Waals surface area contributed by atoms with Gasteiger partial charge in [-0.25, -0.2) is 9.59 Å². The van der Waals surface area contributed by atoms with E-state index in [1.165, 1.54) is 6.92 Å². The summed E-state index contributed by atoms with van der Waals surface area (Å²) in [6.07, 6.45) is -0.0762. The van der Waals surface area contributed by atoms with E-state index in [9.17, 15) is 9.59 Å². The highest BCUT2D eigenvalue weighted by Gasteiger charge is 2.11. The van der Waals surface area contributed by atoms with Crippen LogP contribution >= 0.6 is 0 Å². The summed E-state index contributed by atoms with van der Waals surface area (Å²) in [4.78, 5) is 28.7. The molecule has 7 heteroatoms. The smallest absolute Gasteiger partial charge is 0.338 e. The van der Waals surface area contributed by atoms with Crippen LogP contribution in [0.1, 0.15) is 13.3 Å². The topological polar surface area (TPSA) is 83.3 Å². The normalized spacial score (nSPS) is 10.2. The van der Waals surface area contributed by atoms with Gasteiger partial charge in [0, 0.05) is 5.57 Å². The van der Waals surface area contributed by atoms with Gasteiger partial charge < -0.3 is 9.57 Å². The van der Waals surface area contributed by atoms with Crippen molar-refractivity contribution in [2.45, 2.75) is 13.3 Å². The molecule has 20 heavy (non-hydrogen) atoms. The first-order valence-corrected chi connectivity index (χ1v) is 5.92. The van der Waals surface area contributed by atoms with Gasteiger partial charge in [0.1, 0.15) is 17.6 Å². The van der Waals surface area contributed by atoms with Crippen LogP contribution in [0.3, 0.4) is 0 Å². The molecule has 2 rings (SSSR count). The zero-order valence-electron chi connectivity index (χ0n) is 10.9. The average molecular weight is 275 g/mol. The summed E-state index contributed by atoms with van der Waals surface area (Å²) < 4.78 is 4.80. The van der Waals surface area contributed by atoms with E-state index in [1.54, 1.807) is 24.3 Å². The number of rotatable bonds is 5. The van der Waals surface area contributed by atoms with Crippen LogP contribution in [-0.2, 0) is 14.3 Å². The number of esters is 1. The van der Waals surface area contributed by atoms with Gasteiger partial charge in [-0.1, -0.05) is 23.6 Å². The second-order valence-electron chi connectivity index (χ2n) is 4.08. The predicted octanol–water partition coefficient (Wildman–Crippen LogP) is 0.896. The van der Waals surface area contributed by atoms with Crippen LogP contribution in [0.25, 0.3) is 11.0 Å². The molecule has 0 fully saturated rings. The van der Waals surface area contributed by atoms with Crippen LogP contribution in [-0.4, -0.2) is 33.7 Å². The molecule has 0 amide bonds. The average Bonchev–Trinajstić information content (AvgIpc) is 2.82. The summed E-state index contributed by atoms with van der Waals surface area (Å²) in [5.74, 6) is -1.11. The number of carbonyl (C=O) groups excluding carboxylic acids is 2. The highest BCUT2D eigenvalue weighted by atomic mass is 16.7. The van der Waals surface area contributed by atoms with Gasteiger partial charge in [0.05, 0.1) is 6.42 Å². The molecule has 7 nitrogen and oxygen atoms in total. The maximum atomic E-state index is 11.6. The van der Waals surface area contributed by atoms with Crippen molar-refractivity contribution >= 4 is 23.0 Å². The summed E-state index contributed by atoms with van der Waals surface area (Å²) in [7, 11) is 0. The minimum Gasteiger partial charge on any atom is -0.462 e. The third-order valence-corrected chi connectivity index (χ3v) is 2.40. The Morgan fingerprint density at radius 3 is 2.85 bits per heavy atom. The molecule has 2 aromatic rings. The van der Waals surface area contributed by atoms with Crippen molar-refractivity contribution < 1.29 is 19.2 Å². The molecule has 0 spiro atoms. The summed E-state index contributed by atoms with van der Waals surface area (Å²) in [6, 6.07) is 7.07. The lowest BCUT2D eigenvalue weighted by atomic mass is 10.3. The lowest BCUT2D eigenvalue weighted by Crippen LogP contribution is -2.22. The molecular weight excluding hydrogens is 262 g/mol. The number of carbonyl (C=O) groups is 2. The highest BCUT2D eigenvalue weighted by Crippen LogP contribution is 2.08. The van der Waals surface area contributed by atoms with Crippen LogP contribution in [0, 0.1) is 0 Å². The van der Waals surface area contributed by atoms with Gasteiger partial charge >= 0.3 is 11.9 Å². The van der Waals surface area contributed by atoms with E-state index in [2.05, 4.69) is 16.9 Å². The van der Waals surface area contributed by atoms with E-state index < -0.39 is 11.9 Å². The fourth-order valence-corrected chi connectivity index (χ4v) is 1.41. The first-order valence-electron chi connectivity index (χ1n) is 5.92. The Bertz CT molecular complexity index is 662. The Morgan fingerprint density at radius 2 is 2.10 bits per heavy atom. The monoisotopic (exact) mass is 275 g/mol. The summed E-state index contributed by atoms with van der Waals surface area (Å²) in [5.41, 5.74) is 1.48. The van der Waals surface area contributed by atoms with Gasteiger partial charge in [0.15, 0.2) is 0 Å². The van der Waals surface area contributed by atoms with Crippen LogP contribution in [0.2, 0.25) is 0 Å². The quantitative estimate of drug-likeness (QED) is 0.458. The Kier molecular flexibility index (Phi) is 4.09. The zero-order valence-corrected chi connectivity index (χ0v) is 10.9. The molecule has 0 saturated heterocycles. The second kappa shape index (κ2) is 5.96. The molecule has 0 radical (unpaired) electrons. The Hall–Kier alpha value is -2.70. The van der Waals surface area contributed by atoms with Crippen molar-refractivity contribution in [2.75, 3.05) is 6.61 Å². The molecule has 0 N–H and O–H groups in total. The molecule has 1 aromatic carbocycles. The van der Waals surface area contributed by atoms with Crippen LogP contribution in [0.4, 0.5) is 0 Å². The Balaban J connectivity index is 1.89. The number of aromatic nitrogens is 3. The lowest BCUT2D eigenvalue weighted by Gasteiger charge is -2.04. The van der Waals surface area contributed by atoms with Crippen molar-refractivity contribution in [3.05, 3.63) is 36.4 Å². The molecule has 0 aliphatic rings. The first kappa shape index (κ1) is 13.7. The van der Waals surface area contributed by atoms with E-state index in [-0.39, 0.29) is 18.6 Å². The van der Waals surface area contributed by atoms with Crippen molar-refractivity contribution in [3.8, 4) is 0 Å². The number of fused-ring (bicyclic) bond motifs is 1. The minimum atomic E-state index is -0.574. The molecular formula is C13H13N3O4. The molecule has 1 aromatic heterocycles. The standard InChI is InChI=1S/C13H13N3O4/c1-9(2)13(18)19-8-7-12(17)20-16-11-6-4-3-5-10(11)14-15-16/h3-6H,1,7-8H2,2H3. The van der Waals surface area contributed by atoms with Gasteiger partial charge in [0.25, 0.3) is 0 Å². The Morgan fingerprint density at radius 1 is 1.35 bits per heavy atom. The molecule has 0 aliphatic heterocycles. The third-order valence-electron chi connectivity index (χ3n) is 2.40. The van der Waals surface area contributed by atoms with Crippen molar-refractivity contribution in [3.63, 3.8) is 0 Å². The number of ether oxygens (including phenoxy) is 1. The van der Waals surface area contributed by atoms with Gasteiger partial charge in [-0.05, 0) is 24.3 Å². The largest absolute Gasteiger partial charge is 0.462 e. The van der Waals surface area contributed by atoms with Crippen molar-refractivity contribution in [1.29, 1.82) is 0 Å². The van der Waals surface area contributed by atoms with Gasteiger partial charge in [0.2, 0.25) is 0 Å². The zero-order chi connectivity index (χ0) is 14.5. The van der Waals surface area contributed by atoms with Crippen molar-refractivity contribution in [1.82, 2.24) is 15.2 Å². The van der Waals surface area contributed by atoms with Crippen LogP contribution in [0.15, 0.2) is 36.4 Å². The first-order chi connectivity index (χ1) is 9.58. The molecule has 0 atom stereocenters. The fraction of sp³-hybridized carbons (Fsp3) is 0.231. The molecule has 104 valence electrons. The van der Waals surface area contributed by atoms with Gasteiger partial charge in [-0.3, -0.25) is 0 Å². The van der Waals surface area contributed by atoms with E-state index in [0.717, 1.165) is 4.85 Å². The summed E-state index contributed by atoms with van der Waals surface area (Å²) >= 11 is 0. The second-order valence-corrected chi connectivity index (χ2v) is 4.08. The van der Waals surface area contributed by atoms with Crippen molar-refractivity contribution in [2.24, 2.45) is 0 Å². The van der Waals surface area contributed by atoms with E-state index >= 15 is 0 Å². The molecule has 0 unspecified atom stereocenters. The minimum absolute atomic E-state index is 0.0723. The summed E-state index contributed by atoms with van der Waals surface area (Å²) in [6.45, 7) is 4.89. The molecule has 0 saturated carbocycles. The lowest BCUT2D eigenvalue weighted by molar-refractivity contribution is -0.148. The maximum absolute atomic E-state index is 11.6. The number of hydrogen-bond acceptors (Lipinski definition) is 6. The molecule has 0 aliphatic carbocycles. The van der Waals surface area contributed by atoms with Crippen LogP contribution < -0.4 is 4.84 Å². The third kappa shape index (κ3) is 3.19. The highest BCUT2D eigenvalue weighted by molar-refractivity contribution is 5.87. The van der Waals surface area contributed by atoms with Crippen LogP contribution in [0.5, 0.6) is 0 Å². The number of hydrogen-bond donors (Lipinski definition) is 0. The van der Waals surface area contributed by atoms with E-state index in [1.807, 2.05) is 0 Å². The number of nitrogens with zero attached hydrogens (tertiary/aromatic N) is 3. The Labute approximate surface area is 114 Å². The summed E-state index contributed by atoms with van der Waals surface area (Å²) in [5, 5.41) is 7.55. The van der Waals surface area contributed by atoms with E-state index in [0.29, 0.717) is 11.0 Å². The van der Waals surface area contributed by atoms with Gasteiger partial charge in [-0.15, -0.1) is 5.10 Å². The van der Waals surface area contributed by atoms with E-state index in [4.69, 9.17) is 9.57 Å². The molecule has 1 heterocycles. The fourth-order valence-electron chi connectivity index (χ4n) is 1.41. The predicted molar refractivity (Wildman–Crippen MR) is 69.5 cm³/mol. The SMILES string of the molecule is C=C(C)C(=O)OCCC(=O)On1nnc2ccccc21. The number of benzene rings is 1. The maximum Gasteiger partial charge on any atom is 0.338 e. The van der Waals surface area contributed by atoms with Gasteiger partial charge in [-0.2, -0.15) is 0 Å².